The summed E-state index contributed by atoms with van der Waals surface area (Å²) < 4.78 is 15.1. The van der Waals surface area contributed by atoms with E-state index in [2.05, 4.69) is 5.32 Å². The second-order valence-electron chi connectivity index (χ2n) is 5.44. The van der Waals surface area contributed by atoms with E-state index in [9.17, 15) is 14.4 Å². The molecule has 0 aliphatic carbocycles. The average molecular weight is 345 g/mol. The van der Waals surface area contributed by atoms with Crippen LogP contribution in [0.15, 0.2) is 39.5 Å². The summed E-state index contributed by atoms with van der Waals surface area (Å²) in [5.74, 6) is -0.394. The number of esters is 1. The van der Waals surface area contributed by atoms with Crippen LogP contribution in [0.3, 0.4) is 0 Å². The minimum Gasteiger partial charge on any atom is -0.497 e. The van der Waals surface area contributed by atoms with Gasteiger partial charge in [-0.1, -0.05) is 0 Å². The van der Waals surface area contributed by atoms with E-state index in [0.717, 1.165) is 0 Å². The Kier molecular flexibility index (Phi) is 5.59. The van der Waals surface area contributed by atoms with Gasteiger partial charge in [0.2, 0.25) is 0 Å². The molecule has 7 nitrogen and oxygen atoms in total. The van der Waals surface area contributed by atoms with Crippen molar-refractivity contribution in [2.45, 2.75) is 26.9 Å². The van der Waals surface area contributed by atoms with Crippen LogP contribution in [0, 0.1) is 13.8 Å². The first-order valence-corrected chi connectivity index (χ1v) is 7.59. The number of amides is 1. The van der Waals surface area contributed by atoms with Crippen LogP contribution < -0.4 is 15.7 Å². The Labute approximate surface area is 144 Å². The van der Waals surface area contributed by atoms with Crippen LogP contribution in [0.5, 0.6) is 5.75 Å². The molecule has 0 saturated carbocycles. The van der Waals surface area contributed by atoms with E-state index in [1.807, 2.05) is 0 Å². The molecule has 132 valence electrons. The van der Waals surface area contributed by atoms with Gasteiger partial charge in [0.25, 0.3) is 5.91 Å². The number of carbonyl (C=O) groups is 2. The fourth-order valence-corrected chi connectivity index (χ4v) is 2.25. The summed E-state index contributed by atoms with van der Waals surface area (Å²) in [5.41, 5.74) is 0.578. The summed E-state index contributed by atoms with van der Waals surface area (Å²) in [6.45, 7) is 4.55. The Morgan fingerprint density at radius 3 is 2.36 bits per heavy atom. The van der Waals surface area contributed by atoms with Gasteiger partial charge in [0.05, 0.1) is 7.11 Å². The van der Waals surface area contributed by atoms with E-state index < -0.39 is 23.6 Å². The van der Waals surface area contributed by atoms with Gasteiger partial charge in [0.15, 0.2) is 6.10 Å². The molecule has 0 saturated heterocycles. The highest BCUT2D eigenvalue weighted by Crippen LogP contribution is 2.17. The quantitative estimate of drug-likeness (QED) is 0.837. The van der Waals surface area contributed by atoms with E-state index in [1.54, 1.807) is 38.3 Å². The largest absolute Gasteiger partial charge is 0.497 e. The van der Waals surface area contributed by atoms with Crippen LogP contribution in [0.2, 0.25) is 0 Å². The molecule has 1 atom stereocenters. The lowest BCUT2D eigenvalue weighted by atomic mass is 10.1. The lowest BCUT2D eigenvalue weighted by Crippen LogP contribution is -2.30. The zero-order valence-electron chi connectivity index (χ0n) is 14.4. The summed E-state index contributed by atoms with van der Waals surface area (Å²) in [7, 11) is 1.55. The summed E-state index contributed by atoms with van der Waals surface area (Å²) in [6, 6.07) is 7.94. The summed E-state index contributed by atoms with van der Waals surface area (Å²) in [4.78, 5) is 35.7. The zero-order chi connectivity index (χ0) is 18.6. The first-order valence-electron chi connectivity index (χ1n) is 7.59. The predicted molar refractivity (Wildman–Crippen MR) is 91.0 cm³/mol. The van der Waals surface area contributed by atoms with Gasteiger partial charge in [0, 0.05) is 11.8 Å². The number of aryl methyl sites for hydroxylation is 2. The second-order valence-corrected chi connectivity index (χ2v) is 5.44. The standard InChI is InChI=1S/C18H19NO6/c1-10-9-15(20)24-11(2)16(10)18(22)25-12(3)17(21)19-13-5-7-14(23-4)8-6-13/h5-9,12H,1-4H3,(H,19,21). The van der Waals surface area contributed by atoms with Crippen LogP contribution in [0.1, 0.15) is 28.6 Å². The van der Waals surface area contributed by atoms with Crippen molar-refractivity contribution in [2.75, 3.05) is 12.4 Å². The van der Waals surface area contributed by atoms with Crippen molar-refractivity contribution < 1.29 is 23.5 Å². The Morgan fingerprint density at radius 2 is 1.80 bits per heavy atom. The van der Waals surface area contributed by atoms with Gasteiger partial charge in [-0.05, 0) is 50.6 Å². The number of rotatable bonds is 5. The first-order chi connectivity index (χ1) is 11.8. The molecule has 1 heterocycles. The summed E-state index contributed by atoms with van der Waals surface area (Å²) >= 11 is 0. The van der Waals surface area contributed by atoms with Crippen molar-refractivity contribution in [2.24, 2.45) is 0 Å². The van der Waals surface area contributed by atoms with Gasteiger partial charge in [0.1, 0.15) is 17.1 Å². The number of methoxy groups -OCH3 is 1. The minimum atomic E-state index is -1.03. The van der Waals surface area contributed by atoms with Crippen molar-refractivity contribution in [1.82, 2.24) is 0 Å². The highest BCUT2D eigenvalue weighted by atomic mass is 16.5. The Hall–Kier alpha value is -3.09. The third kappa shape index (κ3) is 4.47. The smallest absolute Gasteiger partial charge is 0.342 e. The lowest BCUT2D eigenvalue weighted by molar-refractivity contribution is -0.123. The Morgan fingerprint density at radius 1 is 1.16 bits per heavy atom. The number of benzene rings is 1. The predicted octanol–water partition coefficient (Wildman–Crippen LogP) is 2.45. The minimum absolute atomic E-state index is 0.142. The molecular formula is C18H19NO6. The molecule has 0 fully saturated rings. The van der Waals surface area contributed by atoms with Gasteiger partial charge >= 0.3 is 11.6 Å². The maximum Gasteiger partial charge on any atom is 0.342 e. The van der Waals surface area contributed by atoms with Crippen LogP contribution in [0.25, 0.3) is 0 Å². The monoisotopic (exact) mass is 345 g/mol. The molecule has 1 amide bonds. The maximum atomic E-state index is 12.3. The molecule has 1 unspecified atom stereocenters. The molecule has 0 spiro atoms. The molecule has 2 rings (SSSR count). The van der Waals surface area contributed by atoms with Crippen molar-refractivity contribution in [3.63, 3.8) is 0 Å². The molecule has 2 aromatic rings. The fraction of sp³-hybridized carbons (Fsp3) is 0.278. The van der Waals surface area contributed by atoms with Crippen molar-refractivity contribution in [1.29, 1.82) is 0 Å². The molecule has 0 aliphatic heterocycles. The van der Waals surface area contributed by atoms with E-state index in [1.165, 1.54) is 19.9 Å². The van der Waals surface area contributed by atoms with E-state index >= 15 is 0 Å². The van der Waals surface area contributed by atoms with Gasteiger partial charge in [-0.3, -0.25) is 4.79 Å². The first kappa shape index (κ1) is 18.3. The number of hydrogen-bond donors (Lipinski definition) is 1. The van der Waals surface area contributed by atoms with E-state index in [-0.39, 0.29) is 11.3 Å². The molecule has 1 aromatic heterocycles. The fourth-order valence-electron chi connectivity index (χ4n) is 2.25. The van der Waals surface area contributed by atoms with Crippen molar-refractivity contribution in [3.05, 3.63) is 57.6 Å². The van der Waals surface area contributed by atoms with E-state index in [4.69, 9.17) is 13.9 Å². The third-order valence-corrected chi connectivity index (χ3v) is 3.55. The van der Waals surface area contributed by atoms with Crippen LogP contribution in [0.4, 0.5) is 5.69 Å². The number of anilines is 1. The SMILES string of the molecule is COc1ccc(NC(=O)C(C)OC(=O)c2c(C)cc(=O)oc2C)cc1. The number of carbonyl (C=O) groups excluding carboxylic acids is 2. The highest BCUT2D eigenvalue weighted by Gasteiger charge is 2.23. The van der Waals surface area contributed by atoms with Crippen LogP contribution in [-0.4, -0.2) is 25.1 Å². The third-order valence-electron chi connectivity index (χ3n) is 3.55. The van der Waals surface area contributed by atoms with Crippen molar-refractivity contribution in [3.8, 4) is 5.75 Å². The van der Waals surface area contributed by atoms with Crippen LogP contribution in [-0.2, 0) is 9.53 Å². The van der Waals surface area contributed by atoms with E-state index in [0.29, 0.717) is 17.0 Å². The Balaban J connectivity index is 2.05. The Bertz CT molecular complexity index is 811. The normalized spacial score (nSPS) is 11.5. The van der Waals surface area contributed by atoms with Gasteiger partial charge in [-0.25, -0.2) is 9.59 Å². The summed E-state index contributed by atoms with van der Waals surface area (Å²) in [6.07, 6.45) is -1.03. The maximum absolute atomic E-state index is 12.3. The van der Waals surface area contributed by atoms with Crippen LogP contribution >= 0.6 is 0 Å². The molecule has 25 heavy (non-hydrogen) atoms. The molecule has 1 aromatic carbocycles. The molecule has 1 N–H and O–H groups in total. The topological polar surface area (TPSA) is 94.8 Å². The molecule has 0 radical (unpaired) electrons. The zero-order valence-corrected chi connectivity index (χ0v) is 14.4. The van der Waals surface area contributed by atoms with Gasteiger partial charge in [-0.15, -0.1) is 0 Å². The molecular weight excluding hydrogens is 326 g/mol. The highest BCUT2D eigenvalue weighted by molar-refractivity contribution is 5.98. The average Bonchev–Trinajstić information content (AvgIpc) is 2.54. The van der Waals surface area contributed by atoms with Gasteiger partial charge < -0.3 is 19.2 Å². The summed E-state index contributed by atoms with van der Waals surface area (Å²) in [5, 5.41) is 2.64. The number of hydrogen-bond acceptors (Lipinski definition) is 6. The van der Waals surface area contributed by atoms with Gasteiger partial charge in [-0.2, -0.15) is 0 Å². The lowest BCUT2D eigenvalue weighted by Gasteiger charge is -2.15. The number of ether oxygens (including phenoxy) is 2. The second kappa shape index (κ2) is 7.65. The molecule has 0 aliphatic rings. The molecule has 0 bridgehead atoms. The molecule has 7 heteroatoms. The number of nitrogens with one attached hydrogen (secondary N) is 1. The van der Waals surface area contributed by atoms with Crippen molar-refractivity contribution >= 4 is 17.6 Å².